The molecule has 0 spiro atoms. The maximum absolute atomic E-state index is 11.9. The molecule has 0 saturated heterocycles. The van der Waals surface area contributed by atoms with Crippen molar-refractivity contribution in [2.24, 2.45) is 5.14 Å². The molecule has 132 valence electrons. The van der Waals surface area contributed by atoms with Crippen LogP contribution in [-0.2, 0) is 20.6 Å². The lowest BCUT2D eigenvalue weighted by Gasteiger charge is -2.09. The molecule has 0 unspecified atom stereocenters. The number of sulfonamides is 1. The molecule has 8 heteroatoms. The summed E-state index contributed by atoms with van der Waals surface area (Å²) in [4.78, 5) is 23.2. The number of anilines is 1. The van der Waals surface area contributed by atoms with Gasteiger partial charge in [0.15, 0.2) is 12.4 Å². The lowest BCUT2D eigenvalue weighted by Crippen LogP contribution is -2.20. The third-order valence-corrected chi connectivity index (χ3v) is 3.95. The van der Waals surface area contributed by atoms with E-state index in [1.807, 2.05) is 0 Å². The van der Waals surface area contributed by atoms with Gasteiger partial charge in [0.2, 0.25) is 10.0 Å². The Morgan fingerprint density at radius 3 is 2.40 bits per heavy atom. The van der Waals surface area contributed by atoms with E-state index >= 15 is 0 Å². The Labute approximate surface area is 145 Å². The molecule has 0 saturated carbocycles. The minimum atomic E-state index is -3.59. The number of ether oxygens (including phenoxy) is 1. The number of primary sulfonamides is 1. The van der Waals surface area contributed by atoms with Crippen LogP contribution in [0, 0.1) is 0 Å². The zero-order valence-corrected chi connectivity index (χ0v) is 14.4. The summed E-state index contributed by atoms with van der Waals surface area (Å²) in [5.41, 5.74) is 1.53. The zero-order chi connectivity index (χ0) is 18.4. The van der Waals surface area contributed by atoms with Gasteiger partial charge in [-0.05, 0) is 36.8 Å². The predicted octanol–water partition coefficient (Wildman–Crippen LogP) is 1.70. The third-order valence-electron chi connectivity index (χ3n) is 3.22. The second-order valence-electron chi connectivity index (χ2n) is 5.42. The molecule has 1 amide bonds. The van der Waals surface area contributed by atoms with E-state index in [2.05, 4.69) is 5.32 Å². The van der Waals surface area contributed by atoms with Gasteiger partial charge in [-0.15, -0.1) is 0 Å². The predicted molar refractivity (Wildman–Crippen MR) is 93.8 cm³/mol. The van der Waals surface area contributed by atoms with E-state index in [1.54, 1.807) is 48.5 Å². The highest BCUT2D eigenvalue weighted by atomic mass is 32.2. The van der Waals surface area contributed by atoms with Gasteiger partial charge in [-0.1, -0.05) is 24.3 Å². The smallest absolute Gasteiger partial charge is 0.262 e. The summed E-state index contributed by atoms with van der Waals surface area (Å²) >= 11 is 0. The minimum Gasteiger partial charge on any atom is -0.484 e. The number of hydrogen-bond acceptors (Lipinski definition) is 5. The van der Waals surface area contributed by atoms with Crippen LogP contribution in [0.3, 0.4) is 0 Å². The molecule has 2 aromatic carbocycles. The van der Waals surface area contributed by atoms with Gasteiger partial charge in [-0.3, -0.25) is 9.59 Å². The van der Waals surface area contributed by atoms with Crippen molar-refractivity contribution in [3.05, 3.63) is 59.7 Å². The summed E-state index contributed by atoms with van der Waals surface area (Å²) in [6, 6.07) is 12.9. The molecule has 0 aliphatic rings. The van der Waals surface area contributed by atoms with Crippen molar-refractivity contribution in [1.82, 2.24) is 0 Å². The summed E-state index contributed by atoms with van der Waals surface area (Å²) in [6.45, 7) is 1.23. The van der Waals surface area contributed by atoms with Crippen molar-refractivity contribution in [2.75, 3.05) is 11.9 Å². The van der Waals surface area contributed by atoms with Gasteiger partial charge >= 0.3 is 0 Å². The summed E-state index contributed by atoms with van der Waals surface area (Å²) in [5.74, 6) is -0.315. The number of nitrogens with one attached hydrogen (secondary N) is 1. The van der Waals surface area contributed by atoms with Gasteiger partial charge in [-0.2, -0.15) is 0 Å². The van der Waals surface area contributed by atoms with Gasteiger partial charge in [0, 0.05) is 11.3 Å². The molecule has 3 N–H and O–H groups in total. The fourth-order valence-electron chi connectivity index (χ4n) is 2.07. The van der Waals surface area contributed by atoms with Crippen molar-refractivity contribution < 1.29 is 22.7 Å². The maximum atomic E-state index is 11.9. The van der Waals surface area contributed by atoms with Crippen molar-refractivity contribution in [1.29, 1.82) is 0 Å². The molecule has 0 aromatic heterocycles. The van der Waals surface area contributed by atoms with Crippen LogP contribution >= 0.6 is 0 Å². The van der Waals surface area contributed by atoms with Crippen molar-refractivity contribution in [2.45, 2.75) is 12.7 Å². The third kappa shape index (κ3) is 6.36. The molecule has 0 aliphatic heterocycles. The number of Topliss-reactive ketones (excluding diaryl/α,β-unsaturated/α-hetero) is 1. The molecule has 0 heterocycles. The highest BCUT2D eigenvalue weighted by Gasteiger charge is 2.07. The van der Waals surface area contributed by atoms with E-state index in [4.69, 9.17) is 9.88 Å². The Balaban J connectivity index is 1.90. The van der Waals surface area contributed by atoms with Crippen molar-refractivity contribution >= 4 is 27.4 Å². The Morgan fingerprint density at radius 2 is 1.80 bits per heavy atom. The fraction of sp³-hybridized carbons (Fsp3) is 0.176. The highest BCUT2D eigenvalue weighted by Crippen LogP contribution is 2.14. The monoisotopic (exact) mass is 362 g/mol. The first-order valence-electron chi connectivity index (χ1n) is 7.36. The molecule has 2 rings (SSSR count). The van der Waals surface area contributed by atoms with E-state index in [-0.39, 0.29) is 24.1 Å². The largest absolute Gasteiger partial charge is 0.484 e. The molecule has 0 atom stereocenters. The number of carbonyl (C=O) groups is 2. The number of benzene rings is 2. The Morgan fingerprint density at radius 1 is 1.12 bits per heavy atom. The van der Waals surface area contributed by atoms with Gasteiger partial charge < -0.3 is 10.1 Å². The molecule has 0 radical (unpaired) electrons. The quantitative estimate of drug-likeness (QED) is 0.727. The number of nitrogens with two attached hydrogens (primary N) is 1. The van der Waals surface area contributed by atoms with Gasteiger partial charge in [-0.25, -0.2) is 13.6 Å². The fourth-order valence-corrected chi connectivity index (χ4v) is 2.72. The summed E-state index contributed by atoms with van der Waals surface area (Å²) in [6.07, 6.45) is 0. The lowest BCUT2D eigenvalue weighted by atomic mass is 10.1. The van der Waals surface area contributed by atoms with E-state index in [0.717, 1.165) is 0 Å². The average molecular weight is 362 g/mol. The molecule has 7 nitrogen and oxygen atoms in total. The van der Waals surface area contributed by atoms with Crippen LogP contribution < -0.4 is 15.2 Å². The van der Waals surface area contributed by atoms with Crippen molar-refractivity contribution in [3.63, 3.8) is 0 Å². The standard InChI is InChI=1S/C17H18N2O5S/c1-12(20)14-3-2-4-16(9-14)24-10-17(21)19-15-7-5-13(6-8-15)11-25(18,22)23/h2-9H,10-11H2,1H3,(H,19,21)(H2,18,22,23). The van der Waals surface area contributed by atoms with Gasteiger partial charge in [0.05, 0.1) is 5.75 Å². The van der Waals surface area contributed by atoms with Crippen LogP contribution in [0.15, 0.2) is 48.5 Å². The Hall–Kier alpha value is -2.71. The minimum absolute atomic E-state index is 0.0884. The molecule has 25 heavy (non-hydrogen) atoms. The van der Waals surface area contributed by atoms with E-state index in [1.165, 1.54) is 6.92 Å². The number of hydrogen-bond donors (Lipinski definition) is 2. The summed E-state index contributed by atoms with van der Waals surface area (Å²) < 4.78 is 27.4. The molecular weight excluding hydrogens is 344 g/mol. The summed E-state index contributed by atoms with van der Waals surface area (Å²) in [5, 5.41) is 7.60. The first-order valence-corrected chi connectivity index (χ1v) is 9.07. The highest BCUT2D eigenvalue weighted by molar-refractivity contribution is 7.88. The molecular formula is C17H18N2O5S. The van der Waals surface area contributed by atoms with E-state index in [9.17, 15) is 18.0 Å². The average Bonchev–Trinajstić information content (AvgIpc) is 2.54. The van der Waals surface area contributed by atoms with Crippen LogP contribution in [0.5, 0.6) is 5.75 Å². The van der Waals surface area contributed by atoms with E-state index < -0.39 is 10.0 Å². The van der Waals surface area contributed by atoms with Gasteiger partial charge in [0.1, 0.15) is 5.75 Å². The lowest BCUT2D eigenvalue weighted by molar-refractivity contribution is -0.118. The SMILES string of the molecule is CC(=O)c1cccc(OCC(=O)Nc2ccc(CS(N)(=O)=O)cc2)c1. The van der Waals surface area contributed by atoms with Crippen LogP contribution in [0.4, 0.5) is 5.69 Å². The number of amides is 1. The normalized spacial score (nSPS) is 11.0. The summed E-state index contributed by atoms with van der Waals surface area (Å²) in [7, 11) is -3.59. The van der Waals surface area contributed by atoms with Crippen LogP contribution in [0.1, 0.15) is 22.8 Å². The van der Waals surface area contributed by atoms with E-state index in [0.29, 0.717) is 22.6 Å². The second kappa shape index (κ2) is 7.91. The molecule has 2 aromatic rings. The Kier molecular flexibility index (Phi) is 5.89. The first-order chi connectivity index (χ1) is 11.7. The Bertz CT molecular complexity index is 876. The van der Waals surface area contributed by atoms with Crippen LogP contribution in [0.25, 0.3) is 0 Å². The number of rotatable bonds is 7. The van der Waals surface area contributed by atoms with Crippen LogP contribution in [0.2, 0.25) is 0 Å². The van der Waals surface area contributed by atoms with Gasteiger partial charge in [0.25, 0.3) is 5.91 Å². The van der Waals surface area contributed by atoms with Crippen LogP contribution in [-0.4, -0.2) is 26.7 Å². The van der Waals surface area contributed by atoms with Crippen molar-refractivity contribution in [3.8, 4) is 5.75 Å². The number of carbonyl (C=O) groups excluding carboxylic acids is 2. The molecule has 0 bridgehead atoms. The maximum Gasteiger partial charge on any atom is 0.262 e. The molecule has 0 aliphatic carbocycles. The zero-order valence-electron chi connectivity index (χ0n) is 13.6. The number of ketones is 1. The first kappa shape index (κ1) is 18.6. The topological polar surface area (TPSA) is 116 Å². The second-order valence-corrected chi connectivity index (χ2v) is 7.04. The molecule has 0 fully saturated rings.